The van der Waals surface area contributed by atoms with E-state index < -0.39 is 0 Å². The van der Waals surface area contributed by atoms with Crippen molar-refractivity contribution in [2.75, 3.05) is 0 Å². The molecule has 2 atom stereocenters. The molecule has 0 aliphatic heterocycles. The number of aromatic nitrogens is 4. The van der Waals surface area contributed by atoms with E-state index in [0.717, 1.165) is 42.3 Å². The Morgan fingerprint density at radius 3 is 2.89 bits per heavy atom. The second-order valence-corrected chi connectivity index (χ2v) is 6.02. The van der Waals surface area contributed by atoms with E-state index in [1.165, 1.54) is 6.42 Å². The first kappa shape index (κ1) is 12.5. The van der Waals surface area contributed by atoms with Crippen molar-refractivity contribution in [1.29, 1.82) is 0 Å². The van der Waals surface area contributed by atoms with Crippen LogP contribution in [-0.2, 0) is 5.54 Å². The maximum atomic E-state index is 6.64. The second kappa shape index (κ2) is 4.27. The van der Waals surface area contributed by atoms with E-state index in [9.17, 15) is 0 Å². The number of nitrogens with zero attached hydrogens (tertiary/aromatic N) is 4. The summed E-state index contributed by atoms with van der Waals surface area (Å²) in [6.07, 6.45) is 4.36. The summed E-state index contributed by atoms with van der Waals surface area (Å²) in [7, 11) is 0. The third kappa shape index (κ3) is 2.02. The molecule has 102 valence electrons. The molecule has 0 radical (unpaired) electrons. The summed E-state index contributed by atoms with van der Waals surface area (Å²) in [5, 5.41) is 8.65. The van der Waals surface area contributed by atoms with Gasteiger partial charge in [-0.3, -0.25) is 4.40 Å². The highest BCUT2D eigenvalue weighted by atomic mass is 15.3. The van der Waals surface area contributed by atoms with Gasteiger partial charge in [0, 0.05) is 11.8 Å². The van der Waals surface area contributed by atoms with Crippen LogP contribution in [0.2, 0.25) is 0 Å². The Labute approximate surface area is 113 Å². The van der Waals surface area contributed by atoms with Crippen molar-refractivity contribution in [3.05, 3.63) is 23.4 Å². The minimum atomic E-state index is -0.362. The van der Waals surface area contributed by atoms with Crippen molar-refractivity contribution < 1.29 is 0 Å². The lowest BCUT2D eigenvalue weighted by molar-refractivity contribution is 0.226. The quantitative estimate of drug-likeness (QED) is 0.851. The lowest BCUT2D eigenvalue weighted by Gasteiger charge is -2.35. The zero-order valence-electron chi connectivity index (χ0n) is 11.8. The van der Waals surface area contributed by atoms with Crippen molar-refractivity contribution >= 4 is 5.65 Å². The Morgan fingerprint density at radius 1 is 1.37 bits per heavy atom. The molecule has 5 heteroatoms. The Balaban J connectivity index is 2.15. The van der Waals surface area contributed by atoms with Crippen molar-refractivity contribution in [2.45, 2.75) is 52.0 Å². The first-order chi connectivity index (χ1) is 8.99. The molecule has 0 spiro atoms. The fourth-order valence-corrected chi connectivity index (χ4v) is 3.35. The van der Waals surface area contributed by atoms with E-state index in [-0.39, 0.29) is 5.54 Å². The molecular weight excluding hydrogens is 238 g/mol. The highest BCUT2D eigenvalue weighted by molar-refractivity contribution is 5.41. The number of aryl methyl sites for hydroxylation is 2. The van der Waals surface area contributed by atoms with Crippen LogP contribution in [0.4, 0.5) is 0 Å². The van der Waals surface area contributed by atoms with Crippen LogP contribution in [0.25, 0.3) is 5.65 Å². The normalized spacial score (nSPS) is 27.9. The summed E-state index contributed by atoms with van der Waals surface area (Å²) in [5.41, 5.74) is 8.09. The van der Waals surface area contributed by atoms with E-state index >= 15 is 0 Å². The van der Waals surface area contributed by atoms with Gasteiger partial charge in [0.25, 0.3) is 0 Å². The van der Waals surface area contributed by atoms with E-state index in [4.69, 9.17) is 5.73 Å². The van der Waals surface area contributed by atoms with Gasteiger partial charge in [-0.1, -0.05) is 19.8 Å². The third-order valence-corrected chi connectivity index (χ3v) is 4.17. The van der Waals surface area contributed by atoms with Crippen LogP contribution in [-0.4, -0.2) is 19.6 Å². The van der Waals surface area contributed by atoms with Crippen molar-refractivity contribution in [1.82, 2.24) is 19.6 Å². The Hall–Kier alpha value is -1.49. The maximum absolute atomic E-state index is 6.64. The Kier molecular flexibility index (Phi) is 2.82. The molecule has 2 aromatic rings. The third-order valence-electron chi connectivity index (χ3n) is 4.17. The van der Waals surface area contributed by atoms with Crippen molar-refractivity contribution in [2.24, 2.45) is 11.7 Å². The summed E-state index contributed by atoms with van der Waals surface area (Å²) in [6.45, 7) is 6.23. The molecular formula is C14H21N5. The molecule has 0 saturated heterocycles. The van der Waals surface area contributed by atoms with Crippen molar-refractivity contribution in [3.8, 4) is 0 Å². The molecule has 0 amide bonds. The molecule has 1 fully saturated rings. The van der Waals surface area contributed by atoms with Gasteiger partial charge in [-0.15, -0.1) is 10.2 Å². The molecule has 19 heavy (non-hydrogen) atoms. The number of hydrogen-bond acceptors (Lipinski definition) is 4. The van der Waals surface area contributed by atoms with E-state index in [0.29, 0.717) is 5.92 Å². The predicted octanol–water partition coefficient (Wildman–Crippen LogP) is 2.11. The Bertz CT molecular complexity index is 618. The standard InChI is InChI=1S/C14H21N5/c1-9-5-4-6-14(15,8-9)13-18-17-12-7-10(2)16-11(3)19(12)13/h7,9H,4-6,8,15H2,1-3H3. The number of rotatable bonds is 1. The molecule has 1 saturated carbocycles. The van der Waals surface area contributed by atoms with Gasteiger partial charge in [0.1, 0.15) is 5.82 Å². The average molecular weight is 259 g/mol. The molecule has 1 aliphatic rings. The topological polar surface area (TPSA) is 69.1 Å². The van der Waals surface area contributed by atoms with Gasteiger partial charge < -0.3 is 5.73 Å². The number of fused-ring (bicyclic) bond motifs is 1. The van der Waals surface area contributed by atoms with E-state index in [1.807, 2.05) is 24.3 Å². The minimum Gasteiger partial charge on any atom is -0.319 e. The fraction of sp³-hybridized carbons (Fsp3) is 0.643. The lowest BCUT2D eigenvalue weighted by atomic mass is 9.76. The molecule has 0 aromatic carbocycles. The van der Waals surface area contributed by atoms with Gasteiger partial charge in [-0.25, -0.2) is 4.98 Å². The summed E-state index contributed by atoms with van der Waals surface area (Å²) in [5.74, 6) is 2.43. The van der Waals surface area contributed by atoms with Gasteiger partial charge >= 0.3 is 0 Å². The SMILES string of the molecule is Cc1cc2nnc(C3(N)CCCC(C)C3)n2c(C)n1. The van der Waals surface area contributed by atoms with Gasteiger partial charge in [-0.05, 0) is 32.6 Å². The van der Waals surface area contributed by atoms with Gasteiger partial charge in [0.2, 0.25) is 0 Å². The summed E-state index contributed by atoms with van der Waals surface area (Å²) in [4.78, 5) is 4.51. The average Bonchev–Trinajstić information content (AvgIpc) is 2.73. The molecule has 1 aliphatic carbocycles. The zero-order chi connectivity index (χ0) is 13.6. The van der Waals surface area contributed by atoms with Crippen molar-refractivity contribution in [3.63, 3.8) is 0 Å². The molecule has 2 heterocycles. The van der Waals surface area contributed by atoms with Crippen LogP contribution < -0.4 is 5.73 Å². The molecule has 3 rings (SSSR count). The van der Waals surface area contributed by atoms with Gasteiger partial charge in [0.05, 0.1) is 5.54 Å². The fourth-order valence-electron chi connectivity index (χ4n) is 3.35. The minimum absolute atomic E-state index is 0.362. The largest absolute Gasteiger partial charge is 0.319 e. The summed E-state index contributed by atoms with van der Waals surface area (Å²) in [6, 6.07) is 1.96. The second-order valence-electron chi connectivity index (χ2n) is 6.02. The van der Waals surface area contributed by atoms with Gasteiger partial charge in [-0.2, -0.15) is 0 Å². The number of nitrogens with two attached hydrogens (primary N) is 1. The van der Waals surface area contributed by atoms with Crippen LogP contribution in [0.3, 0.4) is 0 Å². The summed E-state index contributed by atoms with van der Waals surface area (Å²) >= 11 is 0. The van der Waals surface area contributed by atoms with Crippen LogP contribution in [0.1, 0.15) is 49.9 Å². The van der Waals surface area contributed by atoms with E-state index in [1.54, 1.807) is 0 Å². The van der Waals surface area contributed by atoms with Crippen LogP contribution >= 0.6 is 0 Å². The first-order valence-electron chi connectivity index (χ1n) is 6.98. The smallest absolute Gasteiger partial charge is 0.164 e. The maximum Gasteiger partial charge on any atom is 0.164 e. The molecule has 5 nitrogen and oxygen atoms in total. The highest BCUT2D eigenvalue weighted by Gasteiger charge is 2.37. The summed E-state index contributed by atoms with van der Waals surface area (Å²) < 4.78 is 2.02. The number of hydrogen-bond donors (Lipinski definition) is 1. The Morgan fingerprint density at radius 2 is 2.16 bits per heavy atom. The lowest BCUT2D eigenvalue weighted by Crippen LogP contribution is -2.43. The van der Waals surface area contributed by atoms with Crippen LogP contribution in [0.5, 0.6) is 0 Å². The highest BCUT2D eigenvalue weighted by Crippen LogP contribution is 2.37. The first-order valence-corrected chi connectivity index (χ1v) is 6.98. The molecule has 0 bridgehead atoms. The predicted molar refractivity (Wildman–Crippen MR) is 73.8 cm³/mol. The zero-order valence-corrected chi connectivity index (χ0v) is 11.8. The van der Waals surface area contributed by atoms with E-state index in [2.05, 4.69) is 22.1 Å². The monoisotopic (exact) mass is 259 g/mol. The van der Waals surface area contributed by atoms with Gasteiger partial charge in [0.15, 0.2) is 11.5 Å². The molecule has 2 N–H and O–H groups in total. The van der Waals surface area contributed by atoms with Crippen LogP contribution in [0.15, 0.2) is 6.07 Å². The molecule has 2 unspecified atom stereocenters. The van der Waals surface area contributed by atoms with Crippen LogP contribution in [0, 0.1) is 19.8 Å². The molecule has 2 aromatic heterocycles.